The van der Waals surface area contributed by atoms with Crippen LogP contribution in [0.25, 0.3) is 21.9 Å². The second kappa shape index (κ2) is 10.5. The second-order valence-corrected chi connectivity index (χ2v) is 9.83. The predicted molar refractivity (Wildman–Crippen MR) is 157 cm³/mol. The van der Waals surface area contributed by atoms with Gasteiger partial charge in [-0.15, -0.1) is 0 Å². The summed E-state index contributed by atoms with van der Waals surface area (Å²) in [6.45, 7) is 7.49. The first-order chi connectivity index (χ1) is 19.5. The molecule has 1 N–H and O–H groups in total. The zero-order valence-electron chi connectivity index (χ0n) is 23.2. The lowest BCUT2D eigenvalue weighted by molar-refractivity contribution is 0.174. The van der Waals surface area contributed by atoms with Crippen molar-refractivity contribution in [1.29, 1.82) is 0 Å². The third kappa shape index (κ3) is 4.39. The topological polar surface area (TPSA) is 76.0 Å². The van der Waals surface area contributed by atoms with Crippen LogP contribution >= 0.6 is 0 Å². The van der Waals surface area contributed by atoms with Gasteiger partial charge in [0.15, 0.2) is 23.0 Å². The number of fused-ring (bicyclic) bond motifs is 3. The van der Waals surface area contributed by atoms with Crippen LogP contribution in [-0.2, 0) is 13.1 Å². The average Bonchev–Trinajstić information content (AvgIpc) is 3.64. The molecule has 2 aliphatic rings. The van der Waals surface area contributed by atoms with Crippen molar-refractivity contribution in [3.63, 3.8) is 0 Å². The van der Waals surface area contributed by atoms with Gasteiger partial charge in [0.1, 0.15) is 5.75 Å². The summed E-state index contributed by atoms with van der Waals surface area (Å²) in [5.74, 6) is 2.81. The van der Waals surface area contributed by atoms with Crippen LogP contribution < -0.4 is 23.8 Å². The molecule has 2 aliphatic heterocycles. The first-order valence-corrected chi connectivity index (χ1v) is 13.5. The molecule has 6 rings (SSSR count). The third-order valence-corrected chi connectivity index (χ3v) is 7.73. The van der Waals surface area contributed by atoms with Gasteiger partial charge in [-0.3, -0.25) is 5.01 Å². The van der Waals surface area contributed by atoms with E-state index in [1.165, 1.54) is 5.69 Å². The SMILES string of the molecule is CCN(CC)c1ccc(/C=N/N2Cc3c(c(-c4ccc5c(c4)OCO5)c4cc(OC)c(OC)cc4c3O)C2)cc1. The number of nitrogens with zero attached hydrogens (tertiary/aromatic N) is 3. The van der Waals surface area contributed by atoms with Gasteiger partial charge in [-0.05, 0) is 77.9 Å². The Balaban J connectivity index is 1.41. The molecule has 0 aliphatic carbocycles. The predicted octanol–water partition coefficient (Wildman–Crippen LogP) is 6.15. The molecule has 4 aromatic rings. The maximum Gasteiger partial charge on any atom is 0.231 e. The van der Waals surface area contributed by atoms with Gasteiger partial charge in [0, 0.05) is 29.7 Å². The van der Waals surface area contributed by atoms with E-state index in [1.54, 1.807) is 14.2 Å². The van der Waals surface area contributed by atoms with Gasteiger partial charge in [0.05, 0.1) is 33.5 Å². The summed E-state index contributed by atoms with van der Waals surface area (Å²) in [5, 5.41) is 19.8. The number of aromatic hydroxyl groups is 1. The molecular weight excluding hydrogens is 506 g/mol. The zero-order chi connectivity index (χ0) is 27.8. The Hall–Kier alpha value is -4.59. The monoisotopic (exact) mass is 539 g/mol. The number of hydrazone groups is 1. The van der Waals surface area contributed by atoms with Crippen LogP contribution in [0.2, 0.25) is 0 Å². The fraction of sp³-hybridized carbons (Fsp3) is 0.281. The Labute approximate surface area is 233 Å². The minimum atomic E-state index is 0.205. The van der Waals surface area contributed by atoms with Crippen molar-refractivity contribution in [2.45, 2.75) is 26.9 Å². The smallest absolute Gasteiger partial charge is 0.231 e. The van der Waals surface area contributed by atoms with E-state index in [0.717, 1.165) is 52.0 Å². The summed E-state index contributed by atoms with van der Waals surface area (Å²) in [6, 6.07) is 18.1. The van der Waals surface area contributed by atoms with Crippen LogP contribution in [0.15, 0.2) is 59.7 Å². The molecule has 0 spiro atoms. The van der Waals surface area contributed by atoms with Crippen LogP contribution in [0.4, 0.5) is 5.69 Å². The molecule has 8 nitrogen and oxygen atoms in total. The number of rotatable bonds is 8. The largest absolute Gasteiger partial charge is 0.507 e. The highest BCUT2D eigenvalue weighted by molar-refractivity contribution is 6.05. The van der Waals surface area contributed by atoms with E-state index in [1.807, 2.05) is 41.6 Å². The van der Waals surface area contributed by atoms with E-state index in [4.69, 9.17) is 24.0 Å². The first-order valence-electron chi connectivity index (χ1n) is 13.5. The highest BCUT2D eigenvalue weighted by Gasteiger charge is 2.29. The quantitative estimate of drug-likeness (QED) is 0.269. The fourth-order valence-corrected chi connectivity index (χ4v) is 5.64. The van der Waals surface area contributed by atoms with Gasteiger partial charge >= 0.3 is 0 Å². The molecule has 40 heavy (non-hydrogen) atoms. The highest BCUT2D eigenvalue weighted by Crippen LogP contribution is 2.49. The van der Waals surface area contributed by atoms with Gasteiger partial charge in [-0.1, -0.05) is 18.2 Å². The molecule has 0 amide bonds. The summed E-state index contributed by atoms with van der Waals surface area (Å²) in [4.78, 5) is 2.31. The van der Waals surface area contributed by atoms with E-state index >= 15 is 0 Å². The number of ether oxygens (including phenoxy) is 4. The van der Waals surface area contributed by atoms with Crippen LogP contribution in [0.5, 0.6) is 28.7 Å². The summed E-state index contributed by atoms with van der Waals surface area (Å²) in [5.41, 5.74) is 6.06. The fourth-order valence-electron chi connectivity index (χ4n) is 5.64. The lowest BCUT2D eigenvalue weighted by Gasteiger charge is -2.20. The number of hydrogen-bond acceptors (Lipinski definition) is 8. The van der Waals surface area contributed by atoms with Crippen LogP contribution in [0.1, 0.15) is 30.5 Å². The lowest BCUT2D eigenvalue weighted by Crippen LogP contribution is -2.21. The van der Waals surface area contributed by atoms with E-state index in [2.05, 4.69) is 43.0 Å². The summed E-state index contributed by atoms with van der Waals surface area (Å²) < 4.78 is 22.4. The Morgan fingerprint density at radius 1 is 0.875 bits per heavy atom. The van der Waals surface area contributed by atoms with E-state index < -0.39 is 0 Å². The second-order valence-electron chi connectivity index (χ2n) is 9.83. The molecule has 0 radical (unpaired) electrons. The van der Waals surface area contributed by atoms with E-state index in [9.17, 15) is 5.11 Å². The van der Waals surface area contributed by atoms with Crippen molar-refractivity contribution in [1.82, 2.24) is 5.01 Å². The lowest BCUT2D eigenvalue weighted by atomic mass is 9.89. The molecule has 4 aromatic carbocycles. The molecule has 0 saturated carbocycles. The number of anilines is 1. The van der Waals surface area contributed by atoms with Crippen molar-refractivity contribution in [3.05, 3.63) is 71.3 Å². The molecule has 0 saturated heterocycles. The summed E-state index contributed by atoms with van der Waals surface area (Å²) >= 11 is 0. The minimum absolute atomic E-state index is 0.205. The standard InChI is InChI=1S/C32H33N3O5/c1-5-34(6-2)22-10-7-20(8-11-22)16-33-35-17-25-26(18-35)32(36)24-15-29(38-4)28(37-3)14-23(24)31(25)21-9-12-27-30(13-21)40-19-39-27/h7-16,36H,5-6,17-19H2,1-4H3/b33-16+. The maximum atomic E-state index is 11.5. The zero-order valence-corrected chi connectivity index (χ0v) is 23.2. The Morgan fingerprint density at radius 3 is 2.25 bits per heavy atom. The van der Waals surface area contributed by atoms with Crippen molar-refractivity contribution in [3.8, 4) is 39.9 Å². The highest BCUT2D eigenvalue weighted by atomic mass is 16.7. The third-order valence-electron chi connectivity index (χ3n) is 7.73. The first kappa shape index (κ1) is 25.7. The van der Waals surface area contributed by atoms with Gasteiger partial charge in [-0.2, -0.15) is 5.10 Å². The van der Waals surface area contributed by atoms with Crippen molar-refractivity contribution in [2.75, 3.05) is 39.0 Å². The molecule has 0 bridgehead atoms. The van der Waals surface area contributed by atoms with Crippen molar-refractivity contribution < 1.29 is 24.1 Å². The Kier molecular flexibility index (Phi) is 6.76. The number of benzene rings is 4. The minimum Gasteiger partial charge on any atom is -0.507 e. The van der Waals surface area contributed by atoms with Crippen molar-refractivity contribution >= 4 is 22.7 Å². The van der Waals surface area contributed by atoms with Crippen LogP contribution in [-0.4, -0.2) is 50.4 Å². The summed E-state index contributed by atoms with van der Waals surface area (Å²) in [6.07, 6.45) is 1.88. The maximum absolute atomic E-state index is 11.5. The van der Waals surface area contributed by atoms with Gasteiger partial charge in [0.2, 0.25) is 6.79 Å². The molecule has 8 heteroatoms. The van der Waals surface area contributed by atoms with E-state index in [0.29, 0.717) is 35.7 Å². The average molecular weight is 540 g/mol. The number of methoxy groups -OCH3 is 2. The molecule has 0 aromatic heterocycles. The molecular formula is C32H33N3O5. The van der Waals surface area contributed by atoms with Gasteiger partial charge in [0.25, 0.3) is 0 Å². The number of hydrogen-bond donors (Lipinski definition) is 1. The van der Waals surface area contributed by atoms with Crippen molar-refractivity contribution in [2.24, 2.45) is 5.10 Å². The molecule has 0 atom stereocenters. The van der Waals surface area contributed by atoms with Gasteiger partial charge in [-0.25, -0.2) is 0 Å². The Bertz CT molecular complexity index is 1600. The van der Waals surface area contributed by atoms with E-state index in [-0.39, 0.29) is 12.5 Å². The van der Waals surface area contributed by atoms with Gasteiger partial charge < -0.3 is 29.0 Å². The normalized spacial score (nSPS) is 13.8. The number of phenols is 1. The molecule has 0 unspecified atom stereocenters. The molecule has 2 heterocycles. The number of phenolic OH excluding ortho intramolecular Hbond substituents is 1. The van der Waals surface area contributed by atoms with Crippen LogP contribution in [0.3, 0.4) is 0 Å². The molecule has 0 fully saturated rings. The van der Waals surface area contributed by atoms with Crippen LogP contribution in [0, 0.1) is 0 Å². The Morgan fingerprint density at radius 2 is 1.55 bits per heavy atom. The molecule has 206 valence electrons. The summed E-state index contributed by atoms with van der Waals surface area (Å²) in [7, 11) is 3.21.